The molecule has 4 heterocycles. The van der Waals surface area contributed by atoms with Crippen LogP contribution in [0.3, 0.4) is 0 Å². The number of aromatic amines is 1. The zero-order chi connectivity index (χ0) is 16.7. The van der Waals surface area contributed by atoms with Crippen LogP contribution in [0.15, 0.2) is 35.0 Å². The molecule has 1 saturated heterocycles. The molecule has 3 aromatic heterocycles. The summed E-state index contributed by atoms with van der Waals surface area (Å²) in [5.41, 5.74) is 1.54. The second kappa shape index (κ2) is 5.66. The van der Waals surface area contributed by atoms with Gasteiger partial charge < -0.3 is 14.2 Å². The van der Waals surface area contributed by atoms with Crippen molar-refractivity contribution in [3.8, 4) is 11.5 Å². The van der Waals surface area contributed by atoms with Crippen molar-refractivity contribution in [1.82, 2.24) is 25.3 Å². The van der Waals surface area contributed by atoms with Crippen molar-refractivity contribution >= 4 is 5.82 Å². The molecule has 5 rings (SSSR count). The molecule has 2 fully saturated rings. The van der Waals surface area contributed by atoms with Gasteiger partial charge in [-0.15, -0.1) is 0 Å². The normalized spacial score (nSPS) is 19.1. The van der Waals surface area contributed by atoms with Crippen LogP contribution in [-0.4, -0.2) is 51.6 Å². The lowest BCUT2D eigenvalue weighted by atomic mass is 10.0. The molecule has 0 unspecified atom stereocenters. The van der Waals surface area contributed by atoms with Crippen LogP contribution in [-0.2, 0) is 10.2 Å². The number of hydrogen-bond acceptors (Lipinski definition) is 7. The highest BCUT2D eigenvalue weighted by atomic mass is 16.5. The zero-order valence-corrected chi connectivity index (χ0v) is 13.7. The summed E-state index contributed by atoms with van der Waals surface area (Å²) in [4.78, 5) is 11.5. The lowest BCUT2D eigenvalue weighted by molar-refractivity contribution is 0.122. The predicted molar refractivity (Wildman–Crippen MR) is 89.2 cm³/mol. The highest BCUT2D eigenvalue weighted by Crippen LogP contribution is 2.52. The molecule has 0 radical (unpaired) electrons. The minimum atomic E-state index is -0.205. The van der Waals surface area contributed by atoms with Gasteiger partial charge in [0.1, 0.15) is 11.5 Å². The highest BCUT2D eigenvalue weighted by molar-refractivity contribution is 5.54. The molecule has 0 spiro atoms. The van der Waals surface area contributed by atoms with Crippen LogP contribution in [0.1, 0.15) is 24.4 Å². The lowest BCUT2D eigenvalue weighted by Crippen LogP contribution is -2.36. The van der Waals surface area contributed by atoms with E-state index in [4.69, 9.17) is 14.2 Å². The molecular weight excluding hydrogens is 320 g/mol. The minimum Gasteiger partial charge on any atom is -0.378 e. The zero-order valence-electron chi connectivity index (χ0n) is 13.7. The fraction of sp³-hybridized carbons (Fsp3) is 0.412. The number of pyridine rings is 1. The van der Waals surface area contributed by atoms with Crippen LogP contribution in [0, 0.1) is 0 Å². The number of H-pyrrole nitrogens is 1. The van der Waals surface area contributed by atoms with Gasteiger partial charge in [-0.05, 0) is 31.0 Å². The Morgan fingerprint density at radius 2 is 1.96 bits per heavy atom. The summed E-state index contributed by atoms with van der Waals surface area (Å²) in [5, 5.41) is 11.2. The van der Waals surface area contributed by atoms with Crippen molar-refractivity contribution in [1.29, 1.82) is 0 Å². The number of rotatable bonds is 4. The van der Waals surface area contributed by atoms with Crippen LogP contribution in [0.5, 0.6) is 0 Å². The molecule has 1 aliphatic heterocycles. The quantitative estimate of drug-likeness (QED) is 0.775. The Morgan fingerprint density at radius 3 is 2.72 bits per heavy atom. The van der Waals surface area contributed by atoms with E-state index in [2.05, 4.69) is 25.2 Å². The summed E-state index contributed by atoms with van der Waals surface area (Å²) in [6, 6.07) is 7.86. The maximum atomic E-state index is 5.57. The molecule has 8 nitrogen and oxygen atoms in total. The Hall–Kier alpha value is -2.74. The number of morpholine rings is 1. The number of nitrogens with one attached hydrogen (secondary N) is 1. The van der Waals surface area contributed by atoms with E-state index in [9.17, 15) is 0 Å². The summed E-state index contributed by atoms with van der Waals surface area (Å²) in [6.45, 7) is 3.14. The lowest BCUT2D eigenvalue weighted by Gasteiger charge is -2.27. The number of anilines is 1. The van der Waals surface area contributed by atoms with Crippen molar-refractivity contribution < 1.29 is 9.26 Å². The molecule has 128 valence electrons. The molecule has 0 amide bonds. The first-order chi connectivity index (χ1) is 12.4. The fourth-order valence-corrected chi connectivity index (χ4v) is 3.28. The van der Waals surface area contributed by atoms with Crippen LogP contribution < -0.4 is 4.90 Å². The van der Waals surface area contributed by atoms with Crippen LogP contribution in [0.2, 0.25) is 0 Å². The van der Waals surface area contributed by atoms with E-state index >= 15 is 0 Å². The number of aromatic nitrogens is 5. The maximum absolute atomic E-state index is 5.57. The molecule has 0 bridgehead atoms. The van der Waals surface area contributed by atoms with Crippen molar-refractivity contribution in [3.05, 3.63) is 42.0 Å². The average molecular weight is 338 g/mol. The summed E-state index contributed by atoms with van der Waals surface area (Å²) < 4.78 is 11.0. The first-order valence-corrected chi connectivity index (χ1v) is 8.49. The Balaban J connectivity index is 1.44. The molecule has 3 aromatic rings. The largest absolute Gasteiger partial charge is 0.378 e. The molecule has 25 heavy (non-hydrogen) atoms. The van der Waals surface area contributed by atoms with Gasteiger partial charge in [-0.2, -0.15) is 10.1 Å². The number of nitrogens with zero attached hydrogens (tertiary/aromatic N) is 5. The van der Waals surface area contributed by atoms with Gasteiger partial charge in [0.25, 0.3) is 0 Å². The van der Waals surface area contributed by atoms with Gasteiger partial charge in [0.05, 0.1) is 24.3 Å². The molecule has 1 saturated carbocycles. The van der Waals surface area contributed by atoms with E-state index in [1.807, 2.05) is 24.3 Å². The topological polar surface area (TPSA) is 93.0 Å². The summed E-state index contributed by atoms with van der Waals surface area (Å²) in [7, 11) is 0. The SMILES string of the molecule is c1cc(-c2noc(C3(c4ccn[nH]4)CC3)n2)nc(N2CCOCC2)c1. The van der Waals surface area contributed by atoms with Gasteiger partial charge in [0.2, 0.25) is 11.7 Å². The summed E-state index contributed by atoms with van der Waals surface area (Å²) >= 11 is 0. The van der Waals surface area contributed by atoms with Gasteiger partial charge in [0, 0.05) is 19.3 Å². The first-order valence-electron chi connectivity index (χ1n) is 8.49. The van der Waals surface area contributed by atoms with Gasteiger partial charge in [-0.1, -0.05) is 11.2 Å². The second-order valence-electron chi connectivity index (χ2n) is 6.46. The van der Waals surface area contributed by atoms with Crippen molar-refractivity contribution in [3.63, 3.8) is 0 Å². The Morgan fingerprint density at radius 1 is 1.08 bits per heavy atom. The van der Waals surface area contributed by atoms with E-state index < -0.39 is 0 Å². The maximum Gasteiger partial charge on any atom is 0.239 e. The van der Waals surface area contributed by atoms with Crippen molar-refractivity contribution in [2.45, 2.75) is 18.3 Å². The molecule has 8 heteroatoms. The smallest absolute Gasteiger partial charge is 0.239 e. The van der Waals surface area contributed by atoms with Gasteiger partial charge in [0.15, 0.2) is 0 Å². The summed E-state index contributed by atoms with van der Waals surface area (Å²) in [6.07, 6.45) is 3.72. The van der Waals surface area contributed by atoms with Crippen molar-refractivity contribution in [2.75, 3.05) is 31.2 Å². The second-order valence-corrected chi connectivity index (χ2v) is 6.46. The predicted octanol–water partition coefficient (Wildman–Crippen LogP) is 1.77. The third-order valence-electron chi connectivity index (χ3n) is 4.90. The van der Waals surface area contributed by atoms with Crippen LogP contribution in [0.4, 0.5) is 5.82 Å². The van der Waals surface area contributed by atoms with Gasteiger partial charge in [-0.25, -0.2) is 4.98 Å². The molecule has 0 atom stereocenters. The highest BCUT2D eigenvalue weighted by Gasteiger charge is 2.52. The van der Waals surface area contributed by atoms with E-state index in [1.54, 1.807) is 6.20 Å². The summed E-state index contributed by atoms with van der Waals surface area (Å²) in [5.74, 6) is 2.07. The number of hydrogen-bond donors (Lipinski definition) is 1. The van der Waals surface area contributed by atoms with Gasteiger partial charge in [-0.3, -0.25) is 5.10 Å². The van der Waals surface area contributed by atoms with E-state index in [-0.39, 0.29) is 5.41 Å². The third-order valence-corrected chi connectivity index (χ3v) is 4.90. The molecule has 1 aliphatic carbocycles. The Bertz CT molecular complexity index is 865. The molecule has 1 N–H and O–H groups in total. The Kier molecular flexibility index (Phi) is 3.30. The molecule has 0 aromatic carbocycles. The monoisotopic (exact) mass is 338 g/mol. The van der Waals surface area contributed by atoms with Gasteiger partial charge >= 0.3 is 0 Å². The Labute approximate surface area is 144 Å². The third kappa shape index (κ3) is 2.49. The standard InChI is InChI=1S/C17H18N6O2/c1-2-12(19-14(3-1)23-8-10-24-11-9-23)15-20-16(25-22-15)17(5-6-17)13-4-7-18-21-13/h1-4,7H,5-6,8-11H2,(H,18,21). The van der Waals surface area contributed by atoms with Crippen molar-refractivity contribution in [2.24, 2.45) is 0 Å². The first kappa shape index (κ1) is 14.6. The van der Waals surface area contributed by atoms with E-state index in [0.29, 0.717) is 11.7 Å². The molecule has 2 aliphatic rings. The average Bonchev–Trinajstić information content (AvgIpc) is 3.11. The minimum absolute atomic E-state index is 0.205. The fourth-order valence-electron chi connectivity index (χ4n) is 3.28. The van der Waals surface area contributed by atoms with Crippen LogP contribution in [0.25, 0.3) is 11.5 Å². The van der Waals surface area contributed by atoms with Crippen LogP contribution >= 0.6 is 0 Å². The molecular formula is C17H18N6O2. The number of ether oxygens (including phenoxy) is 1. The van der Waals surface area contributed by atoms with E-state index in [0.717, 1.165) is 56.4 Å². The van der Waals surface area contributed by atoms with E-state index in [1.165, 1.54) is 0 Å².